The Balaban J connectivity index is 1.55. The summed E-state index contributed by atoms with van der Waals surface area (Å²) in [4.78, 5) is 0. The smallest absolute Gasteiger partial charge is 0.0262 e. The van der Waals surface area contributed by atoms with Gasteiger partial charge in [0.05, 0.1) is 0 Å². The highest BCUT2D eigenvalue weighted by Crippen LogP contribution is 2.80. The largest absolute Gasteiger partial charge is 0.0881 e. The molecule has 0 spiro atoms. The Bertz CT molecular complexity index is 1480. The van der Waals surface area contributed by atoms with Crippen LogP contribution in [0.15, 0.2) is 72.8 Å². The zero-order chi connectivity index (χ0) is 27.3. The molecule has 2 fully saturated rings. The van der Waals surface area contributed by atoms with Gasteiger partial charge in [0.15, 0.2) is 0 Å². The highest BCUT2D eigenvalue weighted by Gasteiger charge is 2.46. The van der Waals surface area contributed by atoms with Crippen LogP contribution >= 0.6 is 15.8 Å². The normalized spacial score (nSPS) is 22.8. The third-order valence-electron chi connectivity index (χ3n) is 10.3. The number of hydrogen-bond acceptors (Lipinski definition) is 0. The van der Waals surface area contributed by atoms with Crippen molar-refractivity contribution in [3.63, 3.8) is 0 Å². The molecule has 0 aromatic heterocycles. The molecule has 0 saturated heterocycles. The first kappa shape index (κ1) is 27.1. The average Bonchev–Trinajstić information content (AvgIpc) is 3.14. The van der Waals surface area contributed by atoms with Gasteiger partial charge in [0.2, 0.25) is 0 Å². The van der Waals surface area contributed by atoms with E-state index in [2.05, 4.69) is 93.6 Å². The minimum absolute atomic E-state index is 0.0947. The Hall–Kier alpha value is -1.74. The van der Waals surface area contributed by atoms with Crippen molar-refractivity contribution in [2.75, 3.05) is 0 Å². The van der Waals surface area contributed by atoms with Gasteiger partial charge in [0.25, 0.3) is 0 Å². The second-order valence-electron chi connectivity index (χ2n) is 13.8. The van der Waals surface area contributed by atoms with Gasteiger partial charge >= 0.3 is 0 Å². The zero-order valence-corrected chi connectivity index (χ0v) is 26.6. The molecule has 2 saturated carbocycles. The Morgan fingerprint density at radius 2 is 1.12 bits per heavy atom. The summed E-state index contributed by atoms with van der Waals surface area (Å²) in [5, 5.41) is 6.79. The Kier molecular flexibility index (Phi) is 7.56. The second kappa shape index (κ2) is 11.2. The van der Waals surface area contributed by atoms with Crippen LogP contribution in [0.3, 0.4) is 0 Å². The molecule has 1 unspecified atom stereocenters. The summed E-state index contributed by atoms with van der Waals surface area (Å²) >= 11 is 0. The van der Waals surface area contributed by atoms with Crippen molar-refractivity contribution in [2.45, 2.75) is 113 Å². The predicted molar refractivity (Wildman–Crippen MR) is 181 cm³/mol. The maximum atomic E-state index is 2.64. The van der Waals surface area contributed by atoms with Crippen LogP contribution < -0.4 is 0 Å². The molecule has 7 rings (SSSR count). The minimum atomic E-state index is -0.247. The molecule has 3 aliphatic rings. The molecule has 0 radical (unpaired) electrons. The quantitative estimate of drug-likeness (QED) is 0.217. The fourth-order valence-electron chi connectivity index (χ4n) is 8.35. The topological polar surface area (TPSA) is 0 Å². The number of fused-ring (bicyclic) bond motifs is 7. The fraction of sp³-hybridized carbons (Fsp3) is 0.474. The molecule has 1 heterocycles. The van der Waals surface area contributed by atoms with E-state index in [9.17, 15) is 0 Å². The summed E-state index contributed by atoms with van der Waals surface area (Å²) in [7, 11) is -0.342. The van der Waals surface area contributed by atoms with Crippen LogP contribution in [-0.4, -0.2) is 16.5 Å². The molecule has 4 aromatic carbocycles. The number of rotatable bonds is 3. The molecule has 2 heteroatoms. The molecule has 0 nitrogen and oxygen atoms in total. The molecule has 208 valence electrons. The molecule has 0 N–H and O–H groups in total. The monoisotopic (exact) mass is 564 g/mol. The summed E-state index contributed by atoms with van der Waals surface area (Å²) in [5.74, 6) is 0. The zero-order valence-electron chi connectivity index (χ0n) is 24.8. The van der Waals surface area contributed by atoms with Gasteiger partial charge in [0.1, 0.15) is 0 Å². The van der Waals surface area contributed by atoms with Crippen molar-refractivity contribution in [1.29, 1.82) is 0 Å². The Morgan fingerprint density at radius 1 is 0.600 bits per heavy atom. The van der Waals surface area contributed by atoms with Crippen molar-refractivity contribution in [3.8, 4) is 11.1 Å². The maximum Gasteiger partial charge on any atom is 0.0262 e. The Morgan fingerprint density at radius 3 is 1.70 bits per heavy atom. The van der Waals surface area contributed by atoms with Gasteiger partial charge in [-0.2, -0.15) is 0 Å². The summed E-state index contributed by atoms with van der Waals surface area (Å²) in [6, 6.07) is 28.6. The lowest BCUT2D eigenvalue weighted by molar-refractivity contribution is 0.483. The van der Waals surface area contributed by atoms with Crippen LogP contribution in [0.5, 0.6) is 0 Å². The highest BCUT2D eigenvalue weighted by atomic mass is 31.2. The van der Waals surface area contributed by atoms with E-state index in [0.717, 1.165) is 16.7 Å². The van der Waals surface area contributed by atoms with Gasteiger partial charge in [-0.05, 0) is 92.1 Å². The highest BCUT2D eigenvalue weighted by molar-refractivity contribution is 7.76. The molecule has 1 aliphatic heterocycles. The van der Waals surface area contributed by atoms with Crippen LogP contribution in [0.1, 0.15) is 102 Å². The number of hydrogen-bond donors (Lipinski definition) is 0. The van der Waals surface area contributed by atoms with Crippen LogP contribution in [-0.2, 0) is 6.16 Å². The molecular weight excluding hydrogens is 518 g/mol. The summed E-state index contributed by atoms with van der Waals surface area (Å²) in [6.45, 7) is 7.77. The third kappa shape index (κ3) is 4.87. The summed E-state index contributed by atoms with van der Waals surface area (Å²) in [6.07, 6.45) is 16.0. The first-order chi connectivity index (χ1) is 19.5. The van der Waals surface area contributed by atoms with E-state index >= 15 is 0 Å². The SMILES string of the molecule is CC(C)(C)P1Cc2ccc3ccccc3c2-c2c(ccc3ccccc23)[C@@H]1P(C1CCCCC1)C1CCCCC1. The van der Waals surface area contributed by atoms with E-state index in [-0.39, 0.29) is 15.8 Å². The van der Waals surface area contributed by atoms with Crippen molar-refractivity contribution in [1.82, 2.24) is 0 Å². The lowest BCUT2D eigenvalue weighted by Gasteiger charge is -2.49. The van der Waals surface area contributed by atoms with Crippen molar-refractivity contribution < 1.29 is 0 Å². The Labute approximate surface area is 244 Å². The van der Waals surface area contributed by atoms with E-state index < -0.39 is 0 Å². The van der Waals surface area contributed by atoms with E-state index in [0.29, 0.717) is 5.16 Å². The third-order valence-corrected chi connectivity index (χ3v) is 18.7. The van der Waals surface area contributed by atoms with Crippen molar-refractivity contribution in [3.05, 3.63) is 83.9 Å². The maximum absolute atomic E-state index is 2.64. The first-order valence-corrected chi connectivity index (χ1v) is 19.2. The van der Waals surface area contributed by atoms with Crippen LogP contribution in [0.25, 0.3) is 32.7 Å². The summed E-state index contributed by atoms with van der Waals surface area (Å²) in [5.41, 5.74) is 8.43. The molecule has 2 atom stereocenters. The second-order valence-corrected chi connectivity index (χ2v) is 20.2. The molecule has 4 aromatic rings. The van der Waals surface area contributed by atoms with E-state index in [1.54, 1.807) is 22.3 Å². The summed E-state index contributed by atoms with van der Waals surface area (Å²) < 4.78 is 0. The van der Waals surface area contributed by atoms with Crippen LogP contribution in [0.4, 0.5) is 0 Å². The van der Waals surface area contributed by atoms with Gasteiger partial charge < -0.3 is 0 Å². The first-order valence-electron chi connectivity index (χ1n) is 16.1. The lowest BCUT2D eigenvalue weighted by atomic mass is 9.88. The minimum Gasteiger partial charge on any atom is -0.0881 e. The van der Waals surface area contributed by atoms with Gasteiger partial charge in [-0.25, -0.2) is 0 Å². The molecule has 40 heavy (non-hydrogen) atoms. The van der Waals surface area contributed by atoms with Crippen LogP contribution in [0.2, 0.25) is 0 Å². The van der Waals surface area contributed by atoms with Gasteiger partial charge in [0, 0.05) is 5.40 Å². The van der Waals surface area contributed by atoms with Gasteiger partial charge in [-0.1, -0.05) is 148 Å². The molecule has 0 bridgehead atoms. The van der Waals surface area contributed by atoms with E-state index in [1.807, 2.05) is 0 Å². The molecule has 2 aliphatic carbocycles. The molecular formula is C38H46P2. The van der Waals surface area contributed by atoms with Crippen molar-refractivity contribution in [2.24, 2.45) is 0 Å². The fourth-order valence-corrected chi connectivity index (χ4v) is 18.5. The predicted octanol–water partition coefficient (Wildman–Crippen LogP) is 12.6. The van der Waals surface area contributed by atoms with Crippen LogP contribution in [0, 0.1) is 0 Å². The average molecular weight is 565 g/mol. The standard InChI is InChI=1S/C38H46P2/c1-38(2,3)39-26-29-23-22-27-14-10-12-20-32(27)35(29)36-33-21-13-11-15-28(33)24-25-34(36)37(39)40(30-16-6-4-7-17-30)31-18-8-5-9-19-31/h10-15,20-25,30-31,37H,4-9,16-19,26H2,1-3H3/t37-,39?/m0/s1. The van der Waals surface area contributed by atoms with Gasteiger partial charge in [-0.3, -0.25) is 0 Å². The van der Waals surface area contributed by atoms with Crippen molar-refractivity contribution >= 4 is 37.4 Å². The van der Waals surface area contributed by atoms with E-state index in [1.165, 1.54) is 91.9 Å². The number of benzene rings is 4. The van der Waals surface area contributed by atoms with Gasteiger partial charge in [-0.15, -0.1) is 0 Å². The lowest BCUT2D eigenvalue weighted by Crippen LogP contribution is -2.26. The van der Waals surface area contributed by atoms with E-state index in [4.69, 9.17) is 0 Å². The molecule has 0 amide bonds.